The van der Waals surface area contributed by atoms with Crippen molar-refractivity contribution in [1.29, 1.82) is 0 Å². The second-order valence-electron chi connectivity index (χ2n) is 7.06. The fourth-order valence-electron chi connectivity index (χ4n) is 3.46. The Labute approximate surface area is 168 Å². The molecular formula is C22H22N2O3S. The number of esters is 1. The summed E-state index contributed by atoms with van der Waals surface area (Å²) in [5, 5.41) is 0. The summed E-state index contributed by atoms with van der Waals surface area (Å²) in [5.74, 6) is -0.0896. The second-order valence-corrected chi connectivity index (χ2v) is 7.95. The first-order valence-electron chi connectivity index (χ1n) is 9.48. The molecule has 2 atom stereocenters. The summed E-state index contributed by atoms with van der Waals surface area (Å²) < 4.78 is 6.13. The van der Waals surface area contributed by atoms with E-state index in [2.05, 4.69) is 4.98 Å². The van der Waals surface area contributed by atoms with Gasteiger partial charge in [0.15, 0.2) is 0 Å². The van der Waals surface area contributed by atoms with Crippen LogP contribution < -0.4 is 0 Å². The quantitative estimate of drug-likeness (QED) is 0.565. The number of hydrogen-bond donors (Lipinski definition) is 0. The zero-order chi connectivity index (χ0) is 19.5. The highest BCUT2D eigenvalue weighted by atomic mass is 32.1. The van der Waals surface area contributed by atoms with E-state index in [-0.39, 0.29) is 23.7 Å². The predicted molar refractivity (Wildman–Crippen MR) is 109 cm³/mol. The number of carbonyl (C=O) groups excluding carboxylic acids is 2. The summed E-state index contributed by atoms with van der Waals surface area (Å²) in [7, 11) is 0. The Hall–Kier alpha value is -2.73. The van der Waals surface area contributed by atoms with Crippen LogP contribution in [-0.2, 0) is 16.1 Å². The van der Waals surface area contributed by atoms with Crippen LogP contribution in [0.5, 0.6) is 0 Å². The van der Waals surface area contributed by atoms with Gasteiger partial charge in [-0.25, -0.2) is 4.98 Å². The van der Waals surface area contributed by atoms with E-state index >= 15 is 0 Å². The SMILES string of the molecule is CCOC(=O)[C@@H]1C[C@@H]1CN(Cc1ccccc1)C(=O)c1ccc2ncsc2c1. The van der Waals surface area contributed by atoms with Gasteiger partial charge in [0.1, 0.15) is 0 Å². The number of benzene rings is 2. The van der Waals surface area contributed by atoms with Crippen LogP contribution >= 0.6 is 11.3 Å². The minimum absolute atomic E-state index is 0.0198. The standard InChI is InChI=1S/C22H22N2O3S/c1-2-27-22(26)18-10-17(18)13-24(12-15-6-4-3-5-7-15)21(25)16-8-9-19-20(11-16)28-14-23-19/h3-9,11,14,17-18H,2,10,12-13H2,1H3/t17-,18-/m1/s1. The van der Waals surface area contributed by atoms with Crippen molar-refractivity contribution >= 4 is 33.4 Å². The van der Waals surface area contributed by atoms with E-state index in [4.69, 9.17) is 4.74 Å². The lowest BCUT2D eigenvalue weighted by atomic mass is 10.1. The summed E-state index contributed by atoms with van der Waals surface area (Å²) in [6, 6.07) is 15.6. The third kappa shape index (κ3) is 4.07. The van der Waals surface area contributed by atoms with Gasteiger partial charge in [0, 0.05) is 18.7 Å². The summed E-state index contributed by atoms with van der Waals surface area (Å²) in [4.78, 5) is 31.4. The topological polar surface area (TPSA) is 59.5 Å². The van der Waals surface area contributed by atoms with E-state index in [9.17, 15) is 9.59 Å². The van der Waals surface area contributed by atoms with E-state index in [0.717, 1.165) is 22.2 Å². The summed E-state index contributed by atoms with van der Waals surface area (Å²) in [6.45, 7) is 3.28. The number of rotatable bonds is 7. The Morgan fingerprint density at radius 2 is 2.04 bits per heavy atom. The fraction of sp³-hybridized carbons (Fsp3) is 0.318. The Morgan fingerprint density at radius 3 is 2.82 bits per heavy atom. The normalized spacial score (nSPS) is 18.0. The van der Waals surface area contributed by atoms with E-state index in [0.29, 0.717) is 25.3 Å². The number of amides is 1. The van der Waals surface area contributed by atoms with Crippen LogP contribution in [0, 0.1) is 11.8 Å². The van der Waals surface area contributed by atoms with Gasteiger partial charge in [-0.05, 0) is 43.0 Å². The van der Waals surface area contributed by atoms with Crippen LogP contribution in [0.1, 0.15) is 29.3 Å². The Balaban J connectivity index is 1.53. The maximum atomic E-state index is 13.3. The van der Waals surface area contributed by atoms with Gasteiger partial charge in [-0.15, -0.1) is 11.3 Å². The monoisotopic (exact) mass is 394 g/mol. The minimum atomic E-state index is -0.148. The number of thiazole rings is 1. The molecule has 0 spiro atoms. The van der Waals surface area contributed by atoms with Crippen LogP contribution in [0.2, 0.25) is 0 Å². The van der Waals surface area contributed by atoms with Gasteiger partial charge < -0.3 is 9.64 Å². The van der Waals surface area contributed by atoms with Crippen LogP contribution in [0.15, 0.2) is 54.0 Å². The number of carbonyl (C=O) groups is 2. The Morgan fingerprint density at radius 1 is 1.21 bits per heavy atom. The van der Waals surface area contributed by atoms with E-state index in [1.807, 2.05) is 60.4 Å². The molecule has 1 amide bonds. The molecule has 0 saturated heterocycles. The molecule has 144 valence electrons. The molecule has 0 aliphatic heterocycles. The molecule has 0 N–H and O–H groups in total. The minimum Gasteiger partial charge on any atom is -0.466 e. The molecule has 6 heteroatoms. The van der Waals surface area contributed by atoms with Gasteiger partial charge in [-0.3, -0.25) is 9.59 Å². The van der Waals surface area contributed by atoms with Gasteiger partial charge in [-0.1, -0.05) is 30.3 Å². The molecular weight excluding hydrogens is 372 g/mol. The average Bonchev–Trinajstić information content (AvgIpc) is 3.32. The lowest BCUT2D eigenvalue weighted by Crippen LogP contribution is -2.33. The number of hydrogen-bond acceptors (Lipinski definition) is 5. The van der Waals surface area contributed by atoms with E-state index in [1.165, 1.54) is 11.3 Å². The third-order valence-electron chi connectivity index (χ3n) is 5.05. The fourth-order valence-corrected chi connectivity index (χ4v) is 4.18. The van der Waals surface area contributed by atoms with Crippen molar-refractivity contribution in [3.05, 3.63) is 65.2 Å². The molecule has 1 saturated carbocycles. The van der Waals surface area contributed by atoms with Crippen LogP contribution in [-0.4, -0.2) is 34.9 Å². The number of aromatic nitrogens is 1. The molecule has 1 aliphatic carbocycles. The van der Waals surface area contributed by atoms with Crippen molar-refractivity contribution in [2.24, 2.45) is 11.8 Å². The first-order chi connectivity index (χ1) is 13.7. The maximum absolute atomic E-state index is 13.3. The molecule has 28 heavy (non-hydrogen) atoms. The van der Waals surface area contributed by atoms with Crippen molar-refractivity contribution < 1.29 is 14.3 Å². The third-order valence-corrected chi connectivity index (χ3v) is 5.84. The lowest BCUT2D eigenvalue weighted by molar-refractivity contribution is -0.145. The molecule has 3 aromatic rings. The van der Waals surface area contributed by atoms with Gasteiger partial charge in [0.25, 0.3) is 5.91 Å². The summed E-state index contributed by atoms with van der Waals surface area (Å²) >= 11 is 1.53. The number of fused-ring (bicyclic) bond motifs is 1. The first kappa shape index (κ1) is 18.6. The van der Waals surface area contributed by atoms with Crippen molar-refractivity contribution in [3.63, 3.8) is 0 Å². The van der Waals surface area contributed by atoms with Crippen LogP contribution in [0.3, 0.4) is 0 Å². The summed E-state index contributed by atoms with van der Waals surface area (Å²) in [5.41, 5.74) is 4.42. The van der Waals surface area contributed by atoms with Crippen molar-refractivity contribution in [3.8, 4) is 0 Å². The van der Waals surface area contributed by atoms with Gasteiger partial charge >= 0.3 is 5.97 Å². The Kier molecular flexibility index (Phi) is 5.39. The summed E-state index contributed by atoms with van der Waals surface area (Å²) in [6.07, 6.45) is 0.783. The maximum Gasteiger partial charge on any atom is 0.309 e. The van der Waals surface area contributed by atoms with Gasteiger partial charge in [-0.2, -0.15) is 0 Å². The highest BCUT2D eigenvalue weighted by Gasteiger charge is 2.45. The molecule has 5 nitrogen and oxygen atoms in total. The largest absolute Gasteiger partial charge is 0.466 e. The van der Waals surface area contributed by atoms with E-state index < -0.39 is 0 Å². The molecule has 4 rings (SSSR count). The molecule has 1 fully saturated rings. The zero-order valence-electron chi connectivity index (χ0n) is 15.7. The van der Waals surface area contributed by atoms with E-state index in [1.54, 1.807) is 5.51 Å². The first-order valence-corrected chi connectivity index (χ1v) is 10.4. The predicted octanol–water partition coefficient (Wildman–Crippen LogP) is 4.14. The number of nitrogens with zero attached hydrogens (tertiary/aromatic N) is 2. The molecule has 1 aromatic heterocycles. The van der Waals surface area contributed by atoms with Crippen molar-refractivity contribution in [2.45, 2.75) is 19.9 Å². The average molecular weight is 394 g/mol. The van der Waals surface area contributed by atoms with Crippen LogP contribution in [0.4, 0.5) is 0 Å². The smallest absolute Gasteiger partial charge is 0.309 e. The molecule has 0 bridgehead atoms. The van der Waals surface area contributed by atoms with Gasteiger partial charge in [0.2, 0.25) is 0 Å². The van der Waals surface area contributed by atoms with Gasteiger partial charge in [0.05, 0.1) is 28.3 Å². The molecule has 1 aliphatic rings. The highest BCUT2D eigenvalue weighted by Crippen LogP contribution is 2.40. The van der Waals surface area contributed by atoms with Crippen molar-refractivity contribution in [1.82, 2.24) is 9.88 Å². The molecule has 0 radical (unpaired) electrons. The molecule has 2 aromatic carbocycles. The van der Waals surface area contributed by atoms with Crippen LogP contribution in [0.25, 0.3) is 10.2 Å². The highest BCUT2D eigenvalue weighted by molar-refractivity contribution is 7.16. The molecule has 1 heterocycles. The molecule has 0 unspecified atom stereocenters. The second kappa shape index (κ2) is 8.10. The lowest BCUT2D eigenvalue weighted by Gasteiger charge is -2.23. The van der Waals surface area contributed by atoms with Crippen molar-refractivity contribution in [2.75, 3.05) is 13.2 Å². The zero-order valence-corrected chi connectivity index (χ0v) is 16.5. The Bertz CT molecular complexity index is 986. The number of ether oxygens (including phenoxy) is 1.